The molecule has 118 valence electrons. The first-order chi connectivity index (χ1) is 10.0. The first-order valence-electron chi connectivity index (χ1n) is 7.43. The minimum Gasteiger partial charge on any atom is -0.382 e. The molecule has 1 aliphatic rings. The molecule has 0 radical (unpaired) electrons. The number of rotatable bonds is 6. The predicted molar refractivity (Wildman–Crippen MR) is 85.8 cm³/mol. The molecule has 1 fully saturated rings. The summed E-state index contributed by atoms with van der Waals surface area (Å²) >= 11 is 1.29. The predicted octanol–water partition coefficient (Wildman–Crippen LogP) is 2.09. The van der Waals surface area contributed by atoms with Crippen LogP contribution in [-0.2, 0) is 4.74 Å². The van der Waals surface area contributed by atoms with Gasteiger partial charge in [-0.05, 0) is 26.7 Å². The lowest BCUT2D eigenvalue weighted by molar-refractivity contribution is 0.0828. The van der Waals surface area contributed by atoms with Crippen LogP contribution in [0.5, 0.6) is 0 Å². The maximum absolute atomic E-state index is 12.2. The van der Waals surface area contributed by atoms with Gasteiger partial charge in [0.1, 0.15) is 10.7 Å². The van der Waals surface area contributed by atoms with E-state index in [9.17, 15) is 4.79 Å². The van der Waals surface area contributed by atoms with Crippen LogP contribution in [0.15, 0.2) is 0 Å². The highest BCUT2D eigenvalue weighted by atomic mass is 32.1. The number of aromatic nitrogens is 1. The van der Waals surface area contributed by atoms with Gasteiger partial charge in [-0.15, -0.1) is 0 Å². The molecule has 1 amide bonds. The average Bonchev–Trinajstić information content (AvgIpc) is 3.01. The van der Waals surface area contributed by atoms with Gasteiger partial charge < -0.3 is 21.1 Å². The molecule has 6 nitrogen and oxygen atoms in total. The molecular formula is C14H24N4O2S. The van der Waals surface area contributed by atoms with E-state index in [0.29, 0.717) is 22.5 Å². The number of nitrogens with one attached hydrogen (secondary N) is 2. The number of nitrogens with zero attached hydrogens (tertiary/aromatic N) is 1. The van der Waals surface area contributed by atoms with Gasteiger partial charge in [0.2, 0.25) is 0 Å². The van der Waals surface area contributed by atoms with Gasteiger partial charge in [-0.3, -0.25) is 4.79 Å². The molecule has 2 atom stereocenters. The molecule has 2 unspecified atom stereocenters. The Hall–Kier alpha value is -1.34. The van der Waals surface area contributed by atoms with Crippen LogP contribution in [0.25, 0.3) is 0 Å². The molecule has 0 saturated carbocycles. The van der Waals surface area contributed by atoms with Crippen molar-refractivity contribution in [3.63, 3.8) is 0 Å². The fourth-order valence-electron chi connectivity index (χ4n) is 2.48. The van der Waals surface area contributed by atoms with Crippen LogP contribution in [0.4, 0.5) is 10.9 Å². The van der Waals surface area contributed by atoms with Gasteiger partial charge in [0.05, 0.1) is 6.10 Å². The summed E-state index contributed by atoms with van der Waals surface area (Å²) in [6.07, 6.45) is 2.23. The third kappa shape index (κ3) is 4.07. The van der Waals surface area contributed by atoms with Crippen molar-refractivity contribution in [1.82, 2.24) is 10.3 Å². The number of hydrogen-bond acceptors (Lipinski definition) is 6. The van der Waals surface area contributed by atoms with Crippen molar-refractivity contribution in [2.75, 3.05) is 24.2 Å². The number of thiazole rings is 1. The number of amides is 1. The second kappa shape index (κ2) is 7.09. The number of hydrogen-bond donors (Lipinski definition) is 3. The van der Waals surface area contributed by atoms with E-state index in [1.165, 1.54) is 11.3 Å². The lowest BCUT2D eigenvalue weighted by atomic mass is 10.00. The van der Waals surface area contributed by atoms with Crippen molar-refractivity contribution in [2.45, 2.75) is 45.8 Å². The highest BCUT2D eigenvalue weighted by Gasteiger charge is 2.27. The molecule has 0 spiro atoms. The SMILES string of the molecule is CCC1OCCC1CNC(=O)c1sc(NC(C)C)nc1N. The first kappa shape index (κ1) is 16.0. The third-order valence-electron chi connectivity index (χ3n) is 3.55. The number of ether oxygens (including phenoxy) is 1. The van der Waals surface area contributed by atoms with E-state index >= 15 is 0 Å². The number of nitrogen functional groups attached to an aromatic ring is 1. The number of anilines is 2. The van der Waals surface area contributed by atoms with Crippen LogP contribution in [0.2, 0.25) is 0 Å². The summed E-state index contributed by atoms with van der Waals surface area (Å²) in [5.41, 5.74) is 5.83. The zero-order valence-corrected chi connectivity index (χ0v) is 13.6. The molecule has 0 aliphatic carbocycles. The quantitative estimate of drug-likeness (QED) is 0.748. The zero-order chi connectivity index (χ0) is 15.4. The van der Waals surface area contributed by atoms with Gasteiger partial charge in [-0.2, -0.15) is 0 Å². The number of carbonyl (C=O) groups is 1. The third-order valence-corrected chi connectivity index (χ3v) is 4.55. The second-order valence-electron chi connectivity index (χ2n) is 5.61. The second-order valence-corrected chi connectivity index (χ2v) is 6.61. The number of nitrogens with two attached hydrogens (primary N) is 1. The molecule has 0 bridgehead atoms. The van der Waals surface area contributed by atoms with Crippen molar-refractivity contribution in [3.05, 3.63) is 4.88 Å². The largest absolute Gasteiger partial charge is 0.382 e. The maximum atomic E-state index is 12.2. The summed E-state index contributed by atoms with van der Waals surface area (Å²) < 4.78 is 5.63. The topological polar surface area (TPSA) is 89.3 Å². The molecule has 4 N–H and O–H groups in total. The van der Waals surface area contributed by atoms with Gasteiger partial charge in [0.15, 0.2) is 5.13 Å². The normalized spacial score (nSPS) is 21.7. The molecule has 0 aromatic carbocycles. The monoisotopic (exact) mass is 312 g/mol. The van der Waals surface area contributed by atoms with Crippen LogP contribution in [0.1, 0.15) is 43.3 Å². The maximum Gasteiger partial charge on any atom is 0.265 e. The van der Waals surface area contributed by atoms with E-state index in [4.69, 9.17) is 10.5 Å². The van der Waals surface area contributed by atoms with E-state index in [1.807, 2.05) is 13.8 Å². The zero-order valence-electron chi connectivity index (χ0n) is 12.8. The highest BCUT2D eigenvalue weighted by molar-refractivity contribution is 7.18. The van der Waals surface area contributed by atoms with E-state index in [-0.39, 0.29) is 23.9 Å². The Morgan fingerprint density at radius 1 is 1.57 bits per heavy atom. The van der Waals surface area contributed by atoms with Crippen molar-refractivity contribution < 1.29 is 9.53 Å². The number of carbonyl (C=O) groups excluding carboxylic acids is 1. The van der Waals surface area contributed by atoms with Crippen LogP contribution in [0.3, 0.4) is 0 Å². The molecule has 21 heavy (non-hydrogen) atoms. The van der Waals surface area contributed by atoms with Crippen molar-refractivity contribution >= 4 is 28.2 Å². The average molecular weight is 312 g/mol. The molecule has 2 rings (SSSR count). The highest BCUT2D eigenvalue weighted by Crippen LogP contribution is 2.26. The Kier molecular flexibility index (Phi) is 5.41. The van der Waals surface area contributed by atoms with Gasteiger partial charge in [0, 0.05) is 25.1 Å². The lowest BCUT2D eigenvalue weighted by Gasteiger charge is -2.16. The van der Waals surface area contributed by atoms with Crippen molar-refractivity contribution in [2.24, 2.45) is 5.92 Å². The fraction of sp³-hybridized carbons (Fsp3) is 0.714. The summed E-state index contributed by atoms with van der Waals surface area (Å²) in [4.78, 5) is 16.9. The summed E-state index contributed by atoms with van der Waals surface area (Å²) in [5.74, 6) is 0.528. The Morgan fingerprint density at radius 2 is 2.33 bits per heavy atom. The fourth-order valence-corrected chi connectivity index (χ4v) is 3.43. The van der Waals surface area contributed by atoms with Crippen molar-refractivity contribution in [1.29, 1.82) is 0 Å². The molecule has 1 aromatic heterocycles. The van der Waals surface area contributed by atoms with Gasteiger partial charge in [0.25, 0.3) is 5.91 Å². The van der Waals surface area contributed by atoms with Crippen LogP contribution < -0.4 is 16.4 Å². The summed E-state index contributed by atoms with van der Waals surface area (Å²) in [7, 11) is 0. The molecule has 1 aromatic rings. The van der Waals surface area contributed by atoms with Gasteiger partial charge >= 0.3 is 0 Å². The minimum atomic E-state index is -0.149. The van der Waals surface area contributed by atoms with E-state index in [2.05, 4.69) is 22.5 Å². The Morgan fingerprint density at radius 3 is 3.00 bits per heavy atom. The molecule has 7 heteroatoms. The Bertz CT molecular complexity index is 489. The minimum absolute atomic E-state index is 0.149. The van der Waals surface area contributed by atoms with Gasteiger partial charge in [-0.25, -0.2) is 4.98 Å². The van der Waals surface area contributed by atoms with E-state index < -0.39 is 0 Å². The summed E-state index contributed by atoms with van der Waals surface area (Å²) in [5, 5.41) is 6.80. The molecule has 1 aliphatic heterocycles. The summed E-state index contributed by atoms with van der Waals surface area (Å²) in [6, 6.07) is 0.257. The lowest BCUT2D eigenvalue weighted by Crippen LogP contribution is -2.32. The van der Waals surface area contributed by atoms with E-state index in [1.54, 1.807) is 0 Å². The van der Waals surface area contributed by atoms with Gasteiger partial charge in [-0.1, -0.05) is 18.3 Å². The molecule has 1 saturated heterocycles. The smallest absolute Gasteiger partial charge is 0.265 e. The Labute approximate surface area is 129 Å². The summed E-state index contributed by atoms with van der Waals surface area (Å²) in [6.45, 7) is 7.55. The standard InChI is InChI=1S/C14H24N4O2S/c1-4-10-9(5-6-20-10)7-16-13(19)11-12(15)18-14(21-11)17-8(2)3/h8-10H,4-7,15H2,1-3H3,(H,16,19)(H,17,18). The van der Waals surface area contributed by atoms with Crippen LogP contribution in [-0.4, -0.2) is 36.2 Å². The van der Waals surface area contributed by atoms with E-state index in [0.717, 1.165) is 19.4 Å². The van der Waals surface area contributed by atoms with Crippen LogP contribution >= 0.6 is 11.3 Å². The first-order valence-corrected chi connectivity index (χ1v) is 8.25. The molecule has 2 heterocycles. The molecular weight excluding hydrogens is 288 g/mol. The Balaban J connectivity index is 1.92. The van der Waals surface area contributed by atoms with Crippen LogP contribution in [0, 0.1) is 5.92 Å². The van der Waals surface area contributed by atoms with Crippen molar-refractivity contribution in [3.8, 4) is 0 Å².